The van der Waals surface area contributed by atoms with Gasteiger partial charge in [-0.2, -0.15) is 12.6 Å². The summed E-state index contributed by atoms with van der Waals surface area (Å²) in [5.74, 6) is 0. The molecule has 1 atom stereocenters. The van der Waals surface area contributed by atoms with Crippen LogP contribution in [0.4, 0.5) is 0 Å². The Balaban J connectivity index is 2.54. The molecule has 0 heterocycles. The lowest BCUT2D eigenvalue weighted by Gasteiger charge is -1.89. The molecule has 0 radical (unpaired) electrons. The molecule has 1 unspecified atom stereocenters. The van der Waals surface area contributed by atoms with Gasteiger partial charge in [-0.25, -0.2) is 0 Å². The zero-order chi connectivity index (χ0) is 4.28. The Morgan fingerprint density at radius 2 is 2.20 bits per heavy atom. The van der Waals surface area contributed by atoms with Crippen molar-refractivity contribution in [3.8, 4) is 0 Å². The summed E-state index contributed by atoms with van der Waals surface area (Å²) in [6.45, 7) is 2.16. The lowest BCUT2D eigenvalue weighted by Crippen LogP contribution is -1.90. The van der Waals surface area contributed by atoms with Crippen molar-refractivity contribution in [3.05, 3.63) is 0 Å². The first-order valence-electron chi connectivity index (χ1n) is 1.95. The SMILES string of the molecule is CCC([SiH3])S. The highest BCUT2D eigenvalue weighted by Crippen LogP contribution is 1.89. The summed E-state index contributed by atoms with van der Waals surface area (Å²) in [7, 11) is 1.23. The largest absolute Gasteiger partial charge is 0.180 e. The molecule has 0 spiro atoms. The first kappa shape index (κ1) is 5.57. The Hall–Kier alpha value is 0.567. The molecule has 0 nitrogen and oxygen atoms in total. The molecule has 32 valence electrons. The summed E-state index contributed by atoms with van der Waals surface area (Å²) in [6.07, 6.45) is 1.23. The summed E-state index contributed by atoms with van der Waals surface area (Å²) in [5.41, 5.74) is 0. The van der Waals surface area contributed by atoms with Gasteiger partial charge in [0.2, 0.25) is 0 Å². The summed E-state index contributed by atoms with van der Waals surface area (Å²) in [4.78, 5) is 0.718. The normalized spacial score (nSPS) is 15.6. The molecule has 0 rings (SSSR count). The summed E-state index contributed by atoms with van der Waals surface area (Å²) >= 11 is 4.16. The van der Waals surface area contributed by atoms with Crippen LogP contribution in [0.2, 0.25) is 0 Å². The molecule has 0 aliphatic carbocycles. The van der Waals surface area contributed by atoms with E-state index in [1.54, 1.807) is 0 Å². The highest BCUT2D eigenvalue weighted by molar-refractivity contribution is 7.82. The third-order valence-electron chi connectivity index (χ3n) is 0.591. The first-order valence-corrected chi connectivity index (χ1v) is 3.62. The molecule has 0 saturated carbocycles. The molecule has 0 aromatic carbocycles. The van der Waals surface area contributed by atoms with Crippen LogP contribution in [-0.2, 0) is 0 Å². The van der Waals surface area contributed by atoms with Crippen molar-refractivity contribution >= 4 is 22.9 Å². The van der Waals surface area contributed by atoms with Crippen LogP contribution < -0.4 is 0 Å². The maximum absolute atomic E-state index is 4.16. The average Bonchev–Trinajstić information content (AvgIpc) is 1.38. The van der Waals surface area contributed by atoms with Crippen LogP contribution in [0.15, 0.2) is 0 Å². The van der Waals surface area contributed by atoms with Crippen molar-refractivity contribution in [1.82, 2.24) is 0 Å². The smallest absolute Gasteiger partial charge is 0.0189 e. The molecule has 0 bridgehead atoms. The minimum atomic E-state index is 0.718. The topological polar surface area (TPSA) is 0 Å². The minimum Gasteiger partial charge on any atom is -0.180 e. The van der Waals surface area contributed by atoms with Crippen LogP contribution in [0.25, 0.3) is 0 Å². The standard InChI is InChI=1S/C3H10SSi/c1-2-3(4)5/h3-4H,2H2,1,5H3. The molecule has 0 amide bonds. The molecule has 5 heavy (non-hydrogen) atoms. The van der Waals surface area contributed by atoms with Crippen LogP contribution in [0, 0.1) is 0 Å². The average molecular weight is 106 g/mol. The summed E-state index contributed by atoms with van der Waals surface area (Å²) in [6, 6.07) is 0. The van der Waals surface area contributed by atoms with E-state index in [2.05, 4.69) is 19.6 Å². The van der Waals surface area contributed by atoms with E-state index in [-0.39, 0.29) is 0 Å². The summed E-state index contributed by atoms with van der Waals surface area (Å²) < 4.78 is 0. The van der Waals surface area contributed by atoms with Gasteiger partial charge in [-0.3, -0.25) is 0 Å². The van der Waals surface area contributed by atoms with Gasteiger partial charge in [-0.15, -0.1) is 0 Å². The van der Waals surface area contributed by atoms with Crippen molar-refractivity contribution in [2.45, 2.75) is 18.2 Å². The lowest BCUT2D eigenvalue weighted by molar-refractivity contribution is 1.05. The fourth-order valence-corrected chi connectivity index (χ4v) is 0. The maximum atomic E-state index is 4.16. The monoisotopic (exact) mass is 106 g/mol. The Bertz CT molecular complexity index is 20.9. The molecular formula is C3H10SSi. The van der Waals surface area contributed by atoms with Crippen LogP contribution in [0.5, 0.6) is 0 Å². The minimum absolute atomic E-state index is 0.718. The molecule has 0 aliphatic rings. The van der Waals surface area contributed by atoms with E-state index in [9.17, 15) is 0 Å². The van der Waals surface area contributed by atoms with Crippen LogP contribution in [0.3, 0.4) is 0 Å². The predicted octanol–water partition coefficient (Wildman–Crippen LogP) is 0.0177. The van der Waals surface area contributed by atoms with Crippen molar-refractivity contribution < 1.29 is 0 Å². The van der Waals surface area contributed by atoms with Crippen molar-refractivity contribution in [2.75, 3.05) is 0 Å². The van der Waals surface area contributed by atoms with Crippen LogP contribution in [0.1, 0.15) is 13.3 Å². The fraction of sp³-hybridized carbons (Fsp3) is 1.00. The second kappa shape index (κ2) is 2.79. The van der Waals surface area contributed by atoms with Crippen LogP contribution in [-0.4, -0.2) is 15.1 Å². The maximum Gasteiger partial charge on any atom is 0.0189 e. The molecule has 0 aliphatic heterocycles. The molecule has 0 saturated heterocycles. The van der Waals surface area contributed by atoms with Crippen LogP contribution >= 0.6 is 12.6 Å². The third-order valence-corrected chi connectivity index (χ3v) is 1.77. The predicted molar refractivity (Wildman–Crippen MR) is 33.0 cm³/mol. The third kappa shape index (κ3) is 4.57. The van der Waals surface area contributed by atoms with E-state index in [1.165, 1.54) is 16.7 Å². The van der Waals surface area contributed by atoms with Crippen molar-refractivity contribution in [2.24, 2.45) is 0 Å². The first-order chi connectivity index (χ1) is 2.27. The molecule has 2 heteroatoms. The van der Waals surface area contributed by atoms with Gasteiger partial charge in [-0.1, -0.05) is 6.92 Å². The van der Waals surface area contributed by atoms with E-state index in [1.807, 2.05) is 0 Å². The van der Waals surface area contributed by atoms with Gasteiger partial charge in [0, 0.05) is 10.2 Å². The van der Waals surface area contributed by atoms with Gasteiger partial charge in [0.25, 0.3) is 0 Å². The molecule has 0 N–H and O–H groups in total. The van der Waals surface area contributed by atoms with Gasteiger partial charge in [0.15, 0.2) is 0 Å². The summed E-state index contributed by atoms with van der Waals surface area (Å²) in [5, 5.41) is 0. The fourth-order valence-electron chi connectivity index (χ4n) is 0. The number of rotatable bonds is 1. The second-order valence-corrected chi connectivity index (χ2v) is 4.50. The van der Waals surface area contributed by atoms with Gasteiger partial charge in [0.05, 0.1) is 0 Å². The number of hydrogen-bond acceptors (Lipinski definition) is 1. The van der Waals surface area contributed by atoms with Crippen molar-refractivity contribution in [3.63, 3.8) is 0 Å². The Morgan fingerprint density at radius 3 is 2.20 bits per heavy atom. The molecule has 0 fully saturated rings. The second-order valence-electron chi connectivity index (χ2n) is 1.26. The zero-order valence-corrected chi connectivity index (χ0v) is 6.63. The molecular weight excluding hydrogens is 96.2 g/mol. The van der Waals surface area contributed by atoms with E-state index < -0.39 is 0 Å². The quantitative estimate of drug-likeness (QED) is 0.353. The van der Waals surface area contributed by atoms with E-state index >= 15 is 0 Å². The lowest BCUT2D eigenvalue weighted by atomic mass is 10.6. The van der Waals surface area contributed by atoms with E-state index in [0.717, 1.165) is 4.87 Å². The van der Waals surface area contributed by atoms with Gasteiger partial charge in [0.1, 0.15) is 0 Å². The van der Waals surface area contributed by atoms with Gasteiger partial charge < -0.3 is 0 Å². The molecule has 0 aromatic heterocycles. The Kier molecular flexibility index (Phi) is 3.10. The Morgan fingerprint density at radius 1 is 2.00 bits per heavy atom. The Labute approximate surface area is 41.8 Å². The van der Waals surface area contributed by atoms with Crippen molar-refractivity contribution in [1.29, 1.82) is 0 Å². The van der Waals surface area contributed by atoms with E-state index in [4.69, 9.17) is 0 Å². The molecule has 0 aromatic rings. The zero-order valence-electron chi connectivity index (χ0n) is 3.73. The number of thiol groups is 1. The van der Waals surface area contributed by atoms with Gasteiger partial charge in [-0.05, 0) is 11.3 Å². The number of hydrogen-bond donors (Lipinski definition) is 1. The highest BCUT2D eigenvalue weighted by atomic mass is 32.1. The van der Waals surface area contributed by atoms with Gasteiger partial charge >= 0.3 is 0 Å². The van der Waals surface area contributed by atoms with E-state index in [0.29, 0.717) is 0 Å². The highest BCUT2D eigenvalue weighted by Gasteiger charge is 1.81.